The highest BCUT2D eigenvalue weighted by atomic mass is 14.9. The topological polar surface area (TPSA) is 41.3 Å². The third-order valence-corrected chi connectivity index (χ3v) is 7.21. The largest absolute Gasteiger partial charge is 0.315 e. The van der Waals surface area contributed by atoms with Crippen molar-refractivity contribution in [2.24, 2.45) is 0 Å². The molecule has 37 heavy (non-hydrogen) atoms. The minimum atomic E-state index is -0.0593. The third-order valence-electron chi connectivity index (χ3n) is 7.21. The number of aromatic nitrogens is 1. The Hall–Kier alpha value is -5.88. The number of fused-ring (bicyclic) bond motifs is 10. The van der Waals surface area contributed by atoms with Crippen LogP contribution in [0.25, 0.3) is 74.0 Å². The number of pyridine rings is 1. The van der Waals surface area contributed by atoms with Gasteiger partial charge >= 0.3 is 0 Å². The minimum absolute atomic E-state index is 0.0592. The maximum atomic E-state index is 10.0. The highest BCUT2D eigenvalue weighted by molar-refractivity contribution is 6.25. The van der Waals surface area contributed by atoms with Crippen molar-refractivity contribution in [3.05, 3.63) is 119 Å². The lowest BCUT2D eigenvalue weighted by atomic mass is 9.94. The van der Waals surface area contributed by atoms with Gasteiger partial charge in [0.05, 0.1) is 42.4 Å². The van der Waals surface area contributed by atoms with Crippen LogP contribution < -0.4 is 0 Å². The Morgan fingerprint density at radius 1 is 0.595 bits per heavy atom. The second-order valence-electron chi connectivity index (χ2n) is 8.96. The standard InChI is InChI=1S/C32H13N5/c1-34-29-25-14-24-22-12-18-8-4-5-9-19(18)13-26(22)32-21-11-7-6-10-20(21)17-37(32)28(24)15-23(25)27(16-33)30(35-2)31(29)36-3/h4-15,17H. The molecule has 5 aromatic carbocycles. The van der Waals surface area contributed by atoms with Crippen molar-refractivity contribution in [3.8, 4) is 6.07 Å². The summed E-state index contributed by atoms with van der Waals surface area (Å²) in [7, 11) is 0. The molecule has 2 aromatic heterocycles. The maximum Gasteiger partial charge on any atom is 0.202 e. The number of hydrogen-bond donors (Lipinski definition) is 0. The lowest BCUT2D eigenvalue weighted by Gasteiger charge is -2.15. The second kappa shape index (κ2) is 7.31. The molecule has 0 saturated carbocycles. The maximum absolute atomic E-state index is 10.0. The van der Waals surface area contributed by atoms with Gasteiger partial charge in [0.25, 0.3) is 0 Å². The molecule has 0 atom stereocenters. The average molecular weight is 467 g/mol. The molecule has 0 aliphatic carbocycles. The zero-order valence-electron chi connectivity index (χ0n) is 19.2. The summed E-state index contributed by atoms with van der Waals surface area (Å²) in [6, 6.07) is 26.8. The van der Waals surface area contributed by atoms with E-state index in [1.807, 2.05) is 36.4 Å². The van der Waals surface area contributed by atoms with Gasteiger partial charge in [0.1, 0.15) is 0 Å². The first kappa shape index (κ1) is 20.5. The predicted molar refractivity (Wildman–Crippen MR) is 148 cm³/mol. The summed E-state index contributed by atoms with van der Waals surface area (Å²) in [4.78, 5) is 10.7. The van der Waals surface area contributed by atoms with Gasteiger partial charge in [-0.3, -0.25) is 14.5 Å². The molecule has 166 valence electrons. The molecule has 7 aromatic rings. The summed E-state index contributed by atoms with van der Waals surface area (Å²) in [6.07, 6.45) is 2.10. The van der Waals surface area contributed by atoms with Gasteiger partial charge in [-0.15, -0.1) is 0 Å². The Balaban J connectivity index is 1.85. The Morgan fingerprint density at radius 3 is 1.92 bits per heavy atom. The van der Waals surface area contributed by atoms with Gasteiger partial charge in [0.15, 0.2) is 5.69 Å². The SMILES string of the molecule is [C-]#[N+]c1c([N+]#[C-])c([N+]#[C-])c2cc3c4cc5ccccc5cc4c4c5ccccc5cn4c3cc2c1C#N. The lowest BCUT2D eigenvalue weighted by Crippen LogP contribution is -1.92. The van der Waals surface area contributed by atoms with Crippen LogP contribution in [0.1, 0.15) is 5.56 Å². The van der Waals surface area contributed by atoms with Crippen LogP contribution in [-0.4, -0.2) is 4.40 Å². The molecule has 5 nitrogen and oxygen atoms in total. The molecule has 0 radical (unpaired) electrons. The van der Waals surface area contributed by atoms with Crippen molar-refractivity contribution in [1.29, 1.82) is 5.26 Å². The van der Waals surface area contributed by atoms with Crippen LogP contribution in [0.3, 0.4) is 0 Å². The van der Waals surface area contributed by atoms with E-state index in [2.05, 4.69) is 67.6 Å². The molecule has 5 heteroatoms. The van der Waals surface area contributed by atoms with Crippen LogP contribution in [0.2, 0.25) is 0 Å². The minimum Gasteiger partial charge on any atom is -0.315 e. The number of benzene rings is 5. The molecule has 0 amide bonds. The molecule has 7 rings (SSSR count). The molecule has 0 spiro atoms. The van der Waals surface area contributed by atoms with Crippen LogP contribution in [0.4, 0.5) is 17.1 Å². The van der Waals surface area contributed by atoms with E-state index in [1.165, 1.54) is 0 Å². The van der Waals surface area contributed by atoms with Gasteiger partial charge in [-0.1, -0.05) is 54.6 Å². The Kier molecular flexibility index (Phi) is 4.05. The Bertz CT molecular complexity index is 2350. The van der Waals surface area contributed by atoms with Crippen molar-refractivity contribution in [2.45, 2.75) is 0 Å². The lowest BCUT2D eigenvalue weighted by molar-refractivity contribution is 1.30. The molecule has 0 unspecified atom stereocenters. The summed E-state index contributed by atoms with van der Waals surface area (Å²) in [5.41, 5.74) is 2.07. The van der Waals surface area contributed by atoms with Crippen molar-refractivity contribution in [1.82, 2.24) is 4.40 Å². The molecule has 2 heterocycles. The fourth-order valence-corrected chi connectivity index (χ4v) is 5.62. The fraction of sp³-hybridized carbons (Fsp3) is 0. The van der Waals surface area contributed by atoms with E-state index in [0.717, 1.165) is 48.7 Å². The first-order valence-electron chi connectivity index (χ1n) is 11.5. The summed E-state index contributed by atoms with van der Waals surface area (Å²) in [5.74, 6) is 0. The first-order chi connectivity index (χ1) is 18.2. The third kappa shape index (κ3) is 2.58. The fourth-order valence-electron chi connectivity index (χ4n) is 5.62. The van der Waals surface area contributed by atoms with Gasteiger partial charge in [-0.25, -0.2) is 0 Å². The highest BCUT2D eigenvalue weighted by Crippen LogP contribution is 2.49. The number of hydrogen-bond acceptors (Lipinski definition) is 1. The smallest absolute Gasteiger partial charge is 0.202 e. The van der Waals surface area contributed by atoms with E-state index in [4.69, 9.17) is 19.7 Å². The zero-order chi connectivity index (χ0) is 25.3. The molecular formula is C32H13N5. The molecule has 0 aliphatic rings. The van der Waals surface area contributed by atoms with Crippen LogP contribution in [-0.2, 0) is 0 Å². The zero-order valence-corrected chi connectivity index (χ0v) is 19.2. The van der Waals surface area contributed by atoms with Crippen molar-refractivity contribution < 1.29 is 0 Å². The van der Waals surface area contributed by atoms with E-state index in [1.54, 1.807) is 0 Å². The molecule has 0 fully saturated rings. The summed E-state index contributed by atoms with van der Waals surface area (Å²) < 4.78 is 2.15. The van der Waals surface area contributed by atoms with Crippen LogP contribution >= 0.6 is 0 Å². The van der Waals surface area contributed by atoms with Crippen molar-refractivity contribution >= 4 is 76.6 Å². The summed E-state index contributed by atoms with van der Waals surface area (Å²) in [5, 5.41) is 18.5. The van der Waals surface area contributed by atoms with Crippen molar-refractivity contribution in [2.75, 3.05) is 0 Å². The van der Waals surface area contributed by atoms with E-state index >= 15 is 0 Å². The number of rotatable bonds is 0. The van der Waals surface area contributed by atoms with Gasteiger partial charge in [0, 0.05) is 27.7 Å². The van der Waals surface area contributed by atoms with E-state index in [-0.39, 0.29) is 22.6 Å². The monoisotopic (exact) mass is 467 g/mol. The number of nitrogens with zero attached hydrogens (tertiary/aromatic N) is 5. The summed E-state index contributed by atoms with van der Waals surface area (Å²) >= 11 is 0. The molecular weight excluding hydrogens is 454 g/mol. The highest BCUT2D eigenvalue weighted by Gasteiger charge is 2.22. The molecule has 0 aliphatic heterocycles. The molecule has 0 N–H and O–H groups in total. The van der Waals surface area contributed by atoms with Gasteiger partial charge < -0.3 is 4.40 Å². The molecule has 0 bridgehead atoms. The van der Waals surface area contributed by atoms with Gasteiger partial charge in [-0.2, -0.15) is 5.26 Å². The normalized spacial score (nSPS) is 11.1. The average Bonchev–Trinajstić information content (AvgIpc) is 3.34. The molecule has 0 saturated heterocycles. The Labute approximate surface area is 211 Å². The quantitative estimate of drug-likeness (QED) is 0.124. The van der Waals surface area contributed by atoms with Crippen molar-refractivity contribution in [3.63, 3.8) is 0 Å². The second-order valence-corrected chi connectivity index (χ2v) is 8.96. The van der Waals surface area contributed by atoms with E-state index in [0.29, 0.717) is 10.8 Å². The first-order valence-corrected chi connectivity index (χ1v) is 11.5. The van der Waals surface area contributed by atoms with E-state index in [9.17, 15) is 5.26 Å². The Morgan fingerprint density at radius 2 is 1.24 bits per heavy atom. The number of nitriles is 1. The summed E-state index contributed by atoms with van der Waals surface area (Å²) in [6.45, 7) is 23.2. The van der Waals surface area contributed by atoms with Crippen LogP contribution in [0, 0.1) is 31.0 Å². The van der Waals surface area contributed by atoms with E-state index < -0.39 is 0 Å². The van der Waals surface area contributed by atoms with Crippen LogP contribution in [0.15, 0.2) is 79.0 Å². The van der Waals surface area contributed by atoms with Crippen LogP contribution in [0.5, 0.6) is 0 Å². The predicted octanol–water partition coefficient (Wildman–Crippen LogP) is 9.23. The van der Waals surface area contributed by atoms with Gasteiger partial charge in [-0.05, 0) is 45.1 Å². The van der Waals surface area contributed by atoms with Gasteiger partial charge in [0.2, 0.25) is 11.4 Å².